The number of halogens is 1. The third kappa shape index (κ3) is 5.35. The first-order valence-corrected chi connectivity index (χ1v) is 9.30. The highest BCUT2D eigenvalue weighted by molar-refractivity contribution is 6.31. The summed E-state index contributed by atoms with van der Waals surface area (Å²) in [6.07, 6.45) is 4.32. The number of nitrogens with zero attached hydrogens (tertiary/aromatic N) is 2. The summed E-state index contributed by atoms with van der Waals surface area (Å²) in [6.45, 7) is 4.63. The summed E-state index contributed by atoms with van der Waals surface area (Å²) in [7, 11) is 0. The molecule has 1 N–H and O–H groups in total. The van der Waals surface area contributed by atoms with E-state index in [1.165, 1.54) is 5.56 Å². The number of amides is 2. The number of urea groups is 1. The first-order valence-electron chi connectivity index (χ1n) is 8.92. The van der Waals surface area contributed by atoms with Crippen LogP contribution in [0.2, 0.25) is 5.02 Å². The van der Waals surface area contributed by atoms with Gasteiger partial charge in [-0.2, -0.15) is 0 Å². The van der Waals surface area contributed by atoms with Crippen LogP contribution in [-0.2, 0) is 6.54 Å². The maximum absolute atomic E-state index is 12.3. The van der Waals surface area contributed by atoms with Gasteiger partial charge in [-0.15, -0.1) is 0 Å². The number of carbonyl (C=O) groups excluding carboxylic acids is 1. The minimum Gasteiger partial charge on any atom is -0.334 e. The summed E-state index contributed by atoms with van der Waals surface area (Å²) in [5.41, 5.74) is 2.15. The Balaban J connectivity index is 1.39. The van der Waals surface area contributed by atoms with Crippen molar-refractivity contribution in [3.8, 4) is 0 Å². The van der Waals surface area contributed by atoms with Crippen molar-refractivity contribution in [1.82, 2.24) is 15.1 Å². The highest BCUT2D eigenvalue weighted by Gasteiger charge is 2.20. The zero-order valence-corrected chi connectivity index (χ0v) is 15.5. The van der Waals surface area contributed by atoms with Crippen LogP contribution in [0.3, 0.4) is 0 Å². The van der Waals surface area contributed by atoms with E-state index in [9.17, 15) is 4.79 Å². The number of rotatable bonds is 5. The van der Waals surface area contributed by atoms with Gasteiger partial charge in [0.2, 0.25) is 0 Å². The molecule has 3 rings (SSSR count). The molecule has 0 radical (unpaired) electrons. The lowest BCUT2D eigenvalue weighted by atomic mass is 10.2. The molecule has 0 atom stereocenters. The summed E-state index contributed by atoms with van der Waals surface area (Å²) in [5.74, 6) is 0. The molecule has 5 heteroatoms. The van der Waals surface area contributed by atoms with Gasteiger partial charge in [-0.1, -0.05) is 72.3 Å². The molecule has 0 bridgehead atoms. The molecule has 1 fully saturated rings. The van der Waals surface area contributed by atoms with Gasteiger partial charge in [0.05, 0.1) is 0 Å². The lowest BCUT2D eigenvalue weighted by Gasteiger charge is -2.34. The third-order valence-corrected chi connectivity index (χ3v) is 4.89. The highest BCUT2D eigenvalue weighted by atomic mass is 35.5. The van der Waals surface area contributed by atoms with E-state index in [0.29, 0.717) is 11.6 Å². The minimum atomic E-state index is -0.0237. The number of benzene rings is 2. The normalized spacial score (nSPS) is 15.3. The van der Waals surface area contributed by atoms with Crippen LogP contribution in [0.4, 0.5) is 4.79 Å². The van der Waals surface area contributed by atoms with Gasteiger partial charge in [0.1, 0.15) is 0 Å². The molecule has 0 aliphatic carbocycles. The van der Waals surface area contributed by atoms with Crippen molar-refractivity contribution in [2.75, 3.05) is 32.7 Å². The van der Waals surface area contributed by atoms with Crippen LogP contribution < -0.4 is 5.32 Å². The van der Waals surface area contributed by atoms with Crippen LogP contribution in [0.15, 0.2) is 60.7 Å². The Morgan fingerprint density at radius 1 is 1.00 bits per heavy atom. The van der Waals surface area contributed by atoms with Gasteiger partial charge in [0.15, 0.2) is 0 Å². The quantitative estimate of drug-likeness (QED) is 0.868. The first kappa shape index (κ1) is 18.5. The summed E-state index contributed by atoms with van der Waals surface area (Å²) >= 11 is 6.13. The Bertz CT molecular complexity index is 740. The van der Waals surface area contributed by atoms with E-state index in [4.69, 9.17) is 11.6 Å². The molecule has 1 aliphatic rings. The molecule has 26 heavy (non-hydrogen) atoms. The monoisotopic (exact) mass is 369 g/mol. The lowest BCUT2D eigenvalue weighted by molar-refractivity contribution is 0.146. The molecular formula is C21H24ClN3O. The molecule has 0 aromatic heterocycles. The van der Waals surface area contributed by atoms with Gasteiger partial charge >= 0.3 is 6.03 Å². The largest absolute Gasteiger partial charge is 0.334 e. The fraction of sp³-hybridized carbons (Fsp3) is 0.286. The van der Waals surface area contributed by atoms with E-state index in [0.717, 1.165) is 38.3 Å². The summed E-state index contributed by atoms with van der Waals surface area (Å²) in [5, 5.41) is 3.64. The van der Waals surface area contributed by atoms with Gasteiger partial charge in [0, 0.05) is 44.3 Å². The second-order valence-electron chi connectivity index (χ2n) is 6.35. The van der Waals surface area contributed by atoms with Gasteiger partial charge in [-0.3, -0.25) is 4.90 Å². The number of hydrogen-bond acceptors (Lipinski definition) is 2. The van der Waals surface area contributed by atoms with Crippen LogP contribution in [0.5, 0.6) is 0 Å². The second-order valence-corrected chi connectivity index (χ2v) is 6.76. The van der Waals surface area contributed by atoms with E-state index in [1.807, 2.05) is 47.4 Å². The Kier molecular flexibility index (Phi) is 6.69. The molecule has 136 valence electrons. The molecule has 1 aliphatic heterocycles. The van der Waals surface area contributed by atoms with Crippen molar-refractivity contribution >= 4 is 23.7 Å². The fourth-order valence-electron chi connectivity index (χ4n) is 2.96. The van der Waals surface area contributed by atoms with Crippen molar-refractivity contribution in [3.63, 3.8) is 0 Å². The van der Waals surface area contributed by atoms with Crippen LogP contribution in [0.1, 0.15) is 11.1 Å². The average Bonchev–Trinajstić information content (AvgIpc) is 2.68. The van der Waals surface area contributed by atoms with E-state index >= 15 is 0 Å². The Hall–Kier alpha value is -2.30. The molecule has 4 nitrogen and oxygen atoms in total. The predicted molar refractivity (Wildman–Crippen MR) is 107 cm³/mol. The van der Waals surface area contributed by atoms with Crippen molar-refractivity contribution in [2.24, 2.45) is 0 Å². The van der Waals surface area contributed by atoms with Crippen molar-refractivity contribution < 1.29 is 4.79 Å². The van der Waals surface area contributed by atoms with Gasteiger partial charge in [0.25, 0.3) is 0 Å². The van der Waals surface area contributed by atoms with Gasteiger partial charge < -0.3 is 10.2 Å². The number of carbonyl (C=O) groups is 1. The average molecular weight is 370 g/mol. The van der Waals surface area contributed by atoms with E-state index in [-0.39, 0.29) is 6.03 Å². The maximum atomic E-state index is 12.3. The molecule has 1 heterocycles. The van der Waals surface area contributed by atoms with E-state index in [1.54, 1.807) is 0 Å². The molecule has 2 amide bonds. The summed E-state index contributed by atoms with van der Waals surface area (Å²) in [6, 6.07) is 17.9. The summed E-state index contributed by atoms with van der Waals surface area (Å²) in [4.78, 5) is 16.6. The third-order valence-electron chi connectivity index (χ3n) is 4.52. The number of nitrogens with one attached hydrogen (secondary N) is 1. The number of piperazine rings is 1. The highest BCUT2D eigenvalue weighted by Crippen LogP contribution is 2.14. The minimum absolute atomic E-state index is 0.0237. The Morgan fingerprint density at radius 3 is 2.42 bits per heavy atom. The molecule has 0 spiro atoms. The van der Waals surface area contributed by atoms with Crippen LogP contribution in [0, 0.1) is 0 Å². The van der Waals surface area contributed by atoms with E-state index < -0.39 is 0 Å². The van der Waals surface area contributed by atoms with E-state index in [2.05, 4.69) is 34.5 Å². The van der Waals surface area contributed by atoms with Crippen molar-refractivity contribution in [3.05, 3.63) is 76.8 Å². The number of hydrogen-bond donors (Lipinski definition) is 1. The molecule has 1 saturated heterocycles. The van der Waals surface area contributed by atoms with Crippen molar-refractivity contribution in [2.45, 2.75) is 6.54 Å². The first-order chi connectivity index (χ1) is 12.7. The summed E-state index contributed by atoms with van der Waals surface area (Å²) < 4.78 is 0. The van der Waals surface area contributed by atoms with Crippen LogP contribution in [-0.4, -0.2) is 48.6 Å². The van der Waals surface area contributed by atoms with Gasteiger partial charge in [-0.05, 0) is 17.2 Å². The molecule has 0 unspecified atom stereocenters. The zero-order valence-electron chi connectivity index (χ0n) is 14.8. The molecule has 2 aromatic rings. The standard InChI is InChI=1S/C21H24ClN3O/c22-20-11-5-4-10-19(20)17-23-21(26)25-15-13-24(14-16-25)12-6-9-18-7-2-1-3-8-18/h1-11H,12-17H2,(H,23,26)/b9-6+. The fourth-order valence-corrected chi connectivity index (χ4v) is 3.16. The Labute approximate surface area is 160 Å². The zero-order chi connectivity index (χ0) is 18.2. The smallest absolute Gasteiger partial charge is 0.317 e. The molecule has 0 saturated carbocycles. The Morgan fingerprint density at radius 2 is 1.69 bits per heavy atom. The lowest BCUT2D eigenvalue weighted by Crippen LogP contribution is -2.51. The van der Waals surface area contributed by atoms with Crippen molar-refractivity contribution in [1.29, 1.82) is 0 Å². The molecule has 2 aromatic carbocycles. The second kappa shape index (κ2) is 9.41. The maximum Gasteiger partial charge on any atom is 0.317 e. The topological polar surface area (TPSA) is 35.6 Å². The predicted octanol–water partition coefficient (Wildman–Crippen LogP) is 3.88. The SMILES string of the molecule is O=C(NCc1ccccc1Cl)N1CCN(C/C=C/c2ccccc2)CC1. The van der Waals surface area contributed by atoms with Gasteiger partial charge in [-0.25, -0.2) is 4.79 Å². The van der Waals surface area contributed by atoms with Crippen LogP contribution >= 0.6 is 11.6 Å². The van der Waals surface area contributed by atoms with Crippen LogP contribution in [0.25, 0.3) is 6.08 Å². The molecular weight excluding hydrogens is 346 g/mol.